The molecule has 2 spiro atoms. The molecular formula is C39H45F3N4O6S. The number of phenols is 1. The molecule has 3 unspecified atom stereocenters. The van der Waals surface area contributed by atoms with Crippen LogP contribution in [0.15, 0.2) is 60.8 Å². The van der Waals surface area contributed by atoms with Crippen molar-refractivity contribution in [2.75, 3.05) is 26.2 Å². The zero-order valence-electron chi connectivity index (χ0n) is 29.6. The molecule has 5 bridgehead atoms. The first-order valence-corrected chi connectivity index (χ1v) is 19.9. The maximum atomic E-state index is 13.3. The monoisotopic (exact) mass is 754 g/mol. The largest absolute Gasteiger partial charge is 0.741 e. The molecule has 3 fully saturated rings. The number of carbonyl (C=O) groups is 1. The summed E-state index contributed by atoms with van der Waals surface area (Å²) in [4.78, 5) is 21.8. The highest BCUT2D eigenvalue weighted by Gasteiger charge is 2.68. The number of pyridine rings is 1. The fraction of sp³-hybridized carbons (Fsp3) is 0.538. The Morgan fingerprint density at radius 3 is 2.60 bits per heavy atom. The number of carbonyl (C=O) groups excluding carboxylic acids is 1. The number of phenolic OH excluding ortho intramolecular Hbond substituents is 1. The lowest BCUT2D eigenvalue weighted by atomic mass is 9.47. The van der Waals surface area contributed by atoms with Gasteiger partial charge in [-0.25, -0.2) is 8.42 Å². The summed E-state index contributed by atoms with van der Waals surface area (Å²) < 4.78 is 61.1. The molecule has 3 saturated heterocycles. The third-order valence-corrected chi connectivity index (χ3v) is 13.5. The second-order valence-electron chi connectivity index (χ2n) is 16.1. The van der Waals surface area contributed by atoms with Crippen LogP contribution in [0.25, 0.3) is 27.4 Å². The van der Waals surface area contributed by atoms with Gasteiger partial charge < -0.3 is 24.6 Å². The predicted molar refractivity (Wildman–Crippen MR) is 191 cm³/mol. The van der Waals surface area contributed by atoms with Crippen LogP contribution in [0.3, 0.4) is 0 Å². The Kier molecular flexibility index (Phi) is 8.77. The van der Waals surface area contributed by atoms with Gasteiger partial charge in [0, 0.05) is 52.2 Å². The van der Waals surface area contributed by atoms with Gasteiger partial charge in [0.2, 0.25) is 5.69 Å². The lowest BCUT2D eigenvalue weighted by Crippen LogP contribution is -2.76. The third-order valence-electron chi connectivity index (χ3n) is 13.0. The molecule has 2 aromatic heterocycles. The summed E-state index contributed by atoms with van der Waals surface area (Å²) in [5.41, 5.74) is -2.70. The Balaban J connectivity index is 0.000000452. The Hall–Kier alpha value is -3.56. The summed E-state index contributed by atoms with van der Waals surface area (Å²) in [6.07, 6.45) is 21.9. The number of alkyl halides is 3. The minimum Gasteiger partial charge on any atom is -0.741 e. The first-order valence-electron chi connectivity index (χ1n) is 18.5. The molecule has 284 valence electrons. The number of aromatic amines is 1. The van der Waals surface area contributed by atoms with E-state index in [9.17, 15) is 28.2 Å². The Morgan fingerprint density at radius 2 is 1.83 bits per heavy atom. The number of benzene rings is 1. The van der Waals surface area contributed by atoms with E-state index in [0.29, 0.717) is 12.8 Å². The number of fused-ring (bicyclic) bond motifs is 6. The van der Waals surface area contributed by atoms with Crippen molar-refractivity contribution in [3.63, 3.8) is 0 Å². The molecule has 0 amide bonds. The lowest BCUT2D eigenvalue weighted by molar-refractivity contribution is -0.672. The number of aromatic hydroxyl groups is 1. The molecular weight excluding hydrogens is 710 g/mol. The van der Waals surface area contributed by atoms with Crippen molar-refractivity contribution in [1.29, 1.82) is 0 Å². The summed E-state index contributed by atoms with van der Waals surface area (Å²) in [6, 6.07) is 7.99. The number of nitrogens with zero attached hydrogens (tertiary/aromatic N) is 3. The van der Waals surface area contributed by atoms with Gasteiger partial charge in [-0.1, -0.05) is 36.8 Å². The summed E-state index contributed by atoms with van der Waals surface area (Å²) in [6.45, 7) is 4.02. The first-order chi connectivity index (χ1) is 25.1. The van der Waals surface area contributed by atoms with Crippen LogP contribution in [0.5, 0.6) is 5.75 Å². The van der Waals surface area contributed by atoms with E-state index in [1.807, 2.05) is 12.1 Å². The fourth-order valence-electron chi connectivity index (χ4n) is 11.2. The number of allylic oxidation sites excluding steroid dienone is 3. The van der Waals surface area contributed by atoms with E-state index in [0.717, 1.165) is 85.8 Å². The quantitative estimate of drug-likeness (QED) is 0.133. The van der Waals surface area contributed by atoms with Gasteiger partial charge in [-0.3, -0.25) is 9.69 Å². The zero-order chi connectivity index (χ0) is 37.6. The van der Waals surface area contributed by atoms with Crippen LogP contribution in [0.1, 0.15) is 63.5 Å². The van der Waals surface area contributed by atoms with Crippen molar-refractivity contribution in [1.82, 2.24) is 14.8 Å². The number of hydrogen-bond donors (Lipinski definition) is 3. The Labute approximate surface area is 306 Å². The van der Waals surface area contributed by atoms with Gasteiger partial charge in [-0.2, -0.15) is 17.7 Å². The molecule has 1 aromatic carbocycles. The van der Waals surface area contributed by atoms with Crippen LogP contribution in [0, 0.1) is 16.7 Å². The number of ketones is 1. The van der Waals surface area contributed by atoms with Crippen molar-refractivity contribution in [3.05, 3.63) is 66.5 Å². The Morgan fingerprint density at radius 1 is 1.06 bits per heavy atom. The van der Waals surface area contributed by atoms with Crippen LogP contribution in [-0.2, 0) is 22.0 Å². The van der Waals surface area contributed by atoms with Crippen molar-refractivity contribution < 1.29 is 45.7 Å². The van der Waals surface area contributed by atoms with Gasteiger partial charge in [0.25, 0.3) is 0 Å². The van der Waals surface area contributed by atoms with E-state index in [1.165, 1.54) is 18.4 Å². The number of hydrogen-bond acceptors (Lipinski definition) is 8. The second-order valence-corrected chi connectivity index (χ2v) is 17.4. The molecule has 3 N–H and O–H groups in total. The molecule has 5 aliphatic heterocycles. The van der Waals surface area contributed by atoms with E-state index in [4.69, 9.17) is 13.0 Å². The number of rotatable bonds is 1. The molecule has 7 aliphatic rings. The molecule has 10 rings (SSSR count). The number of H-pyrrole nitrogens is 1. The Bertz CT molecular complexity index is 2180. The zero-order valence-corrected chi connectivity index (χ0v) is 30.4. The number of nitrogens with one attached hydrogen (secondary N) is 1. The van der Waals surface area contributed by atoms with Gasteiger partial charge >= 0.3 is 5.51 Å². The minimum absolute atomic E-state index is 0.0215. The molecule has 14 heteroatoms. The maximum Gasteiger partial charge on any atom is 0.485 e. The molecule has 0 saturated carbocycles. The number of piperidine rings is 2. The van der Waals surface area contributed by atoms with Gasteiger partial charge in [-0.15, -0.1) is 0 Å². The number of aliphatic hydroxyl groups is 1. The molecule has 3 aromatic rings. The molecule has 53 heavy (non-hydrogen) atoms. The van der Waals surface area contributed by atoms with Crippen LogP contribution in [-0.4, -0.2) is 93.1 Å². The van der Waals surface area contributed by atoms with Gasteiger partial charge in [-0.05, 0) is 88.7 Å². The number of aryl methyl sites for hydroxylation is 1. The SMILES string of the molecule is C[n+]1ccc2c([nH]c3c(O)cccc32)c1C1=C[C@@]2(O)CC/C=C/C34CCCCN5CCC1[C@@](C5)(C3)[C@H]2N1CCCC(=O)/C=C\[C@H]14.O=S(=O)([O-])C(F)(F)F. The molecule has 7 atom stereocenters. The third kappa shape index (κ3) is 5.87. The maximum absolute atomic E-state index is 13.3. The van der Waals surface area contributed by atoms with Crippen LogP contribution < -0.4 is 4.57 Å². The number of halogens is 3. The van der Waals surface area contributed by atoms with Crippen molar-refractivity contribution in [2.24, 2.45) is 23.8 Å². The number of aromatic nitrogens is 2. The van der Waals surface area contributed by atoms with Crippen LogP contribution in [0.4, 0.5) is 13.2 Å². The van der Waals surface area contributed by atoms with Gasteiger partial charge in [0.1, 0.15) is 18.3 Å². The van der Waals surface area contributed by atoms with Crippen molar-refractivity contribution in [3.8, 4) is 5.75 Å². The number of para-hydroxylation sites is 1. The average molecular weight is 755 g/mol. The van der Waals surface area contributed by atoms with Gasteiger partial charge in [0.15, 0.2) is 22.1 Å². The lowest BCUT2D eigenvalue weighted by Gasteiger charge is -2.68. The molecule has 7 heterocycles. The summed E-state index contributed by atoms with van der Waals surface area (Å²) in [5.74, 6) is 0.773. The normalized spacial score (nSPS) is 35.6. The van der Waals surface area contributed by atoms with Crippen LogP contribution in [0.2, 0.25) is 0 Å². The summed E-state index contributed by atoms with van der Waals surface area (Å²) in [7, 11) is -3.96. The average Bonchev–Trinajstić information content (AvgIpc) is 3.49. The second kappa shape index (κ2) is 12.8. The summed E-state index contributed by atoms with van der Waals surface area (Å²) in [5, 5.41) is 26.2. The van der Waals surface area contributed by atoms with E-state index in [1.54, 1.807) is 6.07 Å². The smallest absolute Gasteiger partial charge is 0.485 e. The van der Waals surface area contributed by atoms with E-state index in [-0.39, 0.29) is 40.4 Å². The van der Waals surface area contributed by atoms with E-state index in [2.05, 4.69) is 69.0 Å². The van der Waals surface area contributed by atoms with Crippen molar-refractivity contribution >= 4 is 43.3 Å². The molecule has 10 nitrogen and oxygen atoms in total. The summed E-state index contributed by atoms with van der Waals surface area (Å²) >= 11 is 0. The standard InChI is InChI=1S/C38H44N4O3.CHF3O3S/c1-40-20-13-27-26-9-6-10-30(44)32(26)39-33(27)34(40)28-22-38(45)17-3-2-15-36-16-4-5-18-41-21-14-29(28)37(23-36,24-41)35(38)42-19-7-8-25(43)11-12-31(36)42;2-1(3,4)8(5,6)7/h2,6,9-13,15,20,22,29,31,35,44-45H,3-5,7-8,14,16-19,21,23-24H2,1H3;(H,5,6,7)/b12-11-,15-2+;/t29?,31-,35+,36?,37-,38-;/m0./s1. The predicted octanol–water partition coefficient (Wildman–Crippen LogP) is 5.22. The molecule has 0 radical (unpaired) electrons. The minimum atomic E-state index is -6.09. The van der Waals surface area contributed by atoms with Crippen molar-refractivity contribution in [2.45, 2.75) is 81.0 Å². The fourth-order valence-corrected chi connectivity index (χ4v) is 11.2. The van der Waals surface area contributed by atoms with Gasteiger partial charge in [0.05, 0.1) is 17.2 Å². The first kappa shape index (κ1) is 36.4. The van der Waals surface area contributed by atoms with Crippen LogP contribution >= 0.6 is 0 Å². The van der Waals surface area contributed by atoms with E-state index >= 15 is 0 Å². The topological polar surface area (TPSA) is 141 Å². The highest BCUT2D eigenvalue weighted by molar-refractivity contribution is 7.86. The van der Waals surface area contributed by atoms with E-state index < -0.39 is 21.2 Å². The highest BCUT2D eigenvalue weighted by atomic mass is 32.2. The molecule has 2 aliphatic carbocycles. The highest BCUT2D eigenvalue weighted by Crippen LogP contribution is 2.65.